The van der Waals surface area contributed by atoms with Crippen molar-refractivity contribution in [2.24, 2.45) is 0 Å². The van der Waals surface area contributed by atoms with Crippen LogP contribution in [0.25, 0.3) is 0 Å². The van der Waals surface area contributed by atoms with Crippen LogP contribution in [0.15, 0.2) is 18.2 Å². The third kappa shape index (κ3) is 3.23. The molecule has 1 heterocycles. The molecule has 0 bridgehead atoms. The number of piperazine rings is 1. The van der Waals surface area contributed by atoms with Gasteiger partial charge in [-0.2, -0.15) is 0 Å². The molecule has 2 unspecified atom stereocenters. The second-order valence-corrected chi connectivity index (χ2v) is 5.48. The van der Waals surface area contributed by atoms with E-state index < -0.39 is 4.92 Å². The quantitative estimate of drug-likeness (QED) is 0.684. The Kier molecular flexibility index (Phi) is 4.39. The Morgan fingerprint density at radius 2 is 2.05 bits per heavy atom. The monoisotopic (exact) mass is 283 g/mol. The molecule has 19 heavy (non-hydrogen) atoms. The normalized spacial score (nSPS) is 24.4. The van der Waals surface area contributed by atoms with Gasteiger partial charge in [-0.05, 0) is 25.5 Å². The van der Waals surface area contributed by atoms with Crippen LogP contribution >= 0.6 is 11.6 Å². The lowest BCUT2D eigenvalue weighted by molar-refractivity contribution is -0.384. The minimum atomic E-state index is -0.434. The molecule has 2 rings (SSSR count). The standard InChI is InChI=1S/C13H18ClN3O2/c1-9-6-15-7-10(2)16(9)8-11-3-4-12(14)13(5-11)17(18)19/h3-5,9-10,15H,6-8H2,1-2H3. The van der Waals surface area contributed by atoms with Crippen LogP contribution in [0.2, 0.25) is 5.02 Å². The highest BCUT2D eigenvalue weighted by Gasteiger charge is 2.25. The number of halogens is 1. The molecule has 0 amide bonds. The Labute approximate surface area is 117 Å². The van der Waals surface area contributed by atoms with Crippen molar-refractivity contribution in [3.63, 3.8) is 0 Å². The molecule has 2 atom stereocenters. The van der Waals surface area contributed by atoms with Gasteiger partial charge in [-0.3, -0.25) is 15.0 Å². The molecule has 1 aliphatic heterocycles. The zero-order valence-electron chi connectivity index (χ0n) is 11.1. The molecule has 104 valence electrons. The van der Waals surface area contributed by atoms with E-state index >= 15 is 0 Å². The van der Waals surface area contributed by atoms with Gasteiger partial charge < -0.3 is 5.32 Å². The summed E-state index contributed by atoms with van der Waals surface area (Å²) < 4.78 is 0. The summed E-state index contributed by atoms with van der Waals surface area (Å²) in [4.78, 5) is 12.8. The van der Waals surface area contributed by atoms with Gasteiger partial charge in [0.2, 0.25) is 0 Å². The first kappa shape index (κ1) is 14.2. The number of hydrogen-bond donors (Lipinski definition) is 1. The molecule has 1 aliphatic rings. The maximum atomic E-state index is 10.9. The van der Waals surface area contributed by atoms with Crippen molar-refractivity contribution < 1.29 is 4.92 Å². The van der Waals surface area contributed by atoms with Crippen molar-refractivity contribution in [2.45, 2.75) is 32.5 Å². The lowest BCUT2D eigenvalue weighted by Gasteiger charge is -2.39. The molecule has 6 heteroatoms. The van der Waals surface area contributed by atoms with Crippen molar-refractivity contribution in [1.82, 2.24) is 10.2 Å². The Bertz CT molecular complexity index is 471. The molecular weight excluding hydrogens is 266 g/mol. The highest BCUT2D eigenvalue weighted by Crippen LogP contribution is 2.26. The van der Waals surface area contributed by atoms with Gasteiger partial charge in [0.25, 0.3) is 5.69 Å². The molecule has 0 radical (unpaired) electrons. The van der Waals surface area contributed by atoms with Crippen LogP contribution in [0, 0.1) is 10.1 Å². The minimum Gasteiger partial charge on any atom is -0.314 e. The molecule has 1 fully saturated rings. The molecule has 0 spiro atoms. The molecule has 0 aromatic heterocycles. The van der Waals surface area contributed by atoms with Crippen molar-refractivity contribution in [3.05, 3.63) is 38.9 Å². The maximum Gasteiger partial charge on any atom is 0.288 e. The maximum absolute atomic E-state index is 10.9. The van der Waals surface area contributed by atoms with Crippen LogP contribution < -0.4 is 5.32 Å². The van der Waals surface area contributed by atoms with E-state index in [2.05, 4.69) is 24.1 Å². The Hall–Kier alpha value is -1.17. The summed E-state index contributed by atoms with van der Waals surface area (Å²) in [5.41, 5.74) is 0.909. The van der Waals surface area contributed by atoms with E-state index in [1.807, 2.05) is 6.07 Å². The Morgan fingerprint density at radius 3 is 2.63 bits per heavy atom. The molecule has 5 nitrogen and oxygen atoms in total. The molecule has 0 aliphatic carbocycles. The fraction of sp³-hybridized carbons (Fsp3) is 0.538. The number of nitrogens with zero attached hydrogens (tertiary/aromatic N) is 2. The molecular formula is C13H18ClN3O2. The van der Waals surface area contributed by atoms with Gasteiger partial charge in [-0.25, -0.2) is 0 Å². The second-order valence-electron chi connectivity index (χ2n) is 5.07. The number of nitro groups is 1. The lowest BCUT2D eigenvalue weighted by atomic mass is 10.1. The summed E-state index contributed by atoms with van der Waals surface area (Å²) in [5.74, 6) is 0. The summed E-state index contributed by atoms with van der Waals surface area (Å²) in [6.45, 7) is 6.92. The van der Waals surface area contributed by atoms with Gasteiger partial charge in [0, 0.05) is 37.8 Å². The Balaban J connectivity index is 2.18. The van der Waals surface area contributed by atoms with E-state index in [9.17, 15) is 10.1 Å². The van der Waals surface area contributed by atoms with Crippen LogP contribution in [-0.2, 0) is 6.54 Å². The smallest absolute Gasteiger partial charge is 0.288 e. The largest absolute Gasteiger partial charge is 0.314 e. The van der Waals surface area contributed by atoms with E-state index in [1.54, 1.807) is 12.1 Å². The number of rotatable bonds is 3. The zero-order valence-corrected chi connectivity index (χ0v) is 11.9. The van der Waals surface area contributed by atoms with Crippen LogP contribution in [0.5, 0.6) is 0 Å². The van der Waals surface area contributed by atoms with Crippen molar-refractivity contribution >= 4 is 17.3 Å². The van der Waals surface area contributed by atoms with Gasteiger partial charge in [0.15, 0.2) is 0 Å². The topological polar surface area (TPSA) is 58.4 Å². The van der Waals surface area contributed by atoms with Crippen molar-refractivity contribution in [3.8, 4) is 0 Å². The van der Waals surface area contributed by atoms with Crippen LogP contribution in [-0.4, -0.2) is 35.0 Å². The number of hydrogen-bond acceptors (Lipinski definition) is 4. The predicted octanol–water partition coefficient (Wildman–Crippen LogP) is 2.43. The van der Waals surface area contributed by atoms with Crippen molar-refractivity contribution in [1.29, 1.82) is 0 Å². The summed E-state index contributed by atoms with van der Waals surface area (Å²) in [7, 11) is 0. The fourth-order valence-electron chi connectivity index (χ4n) is 2.49. The summed E-state index contributed by atoms with van der Waals surface area (Å²) in [6, 6.07) is 5.87. The van der Waals surface area contributed by atoms with E-state index in [4.69, 9.17) is 11.6 Å². The van der Waals surface area contributed by atoms with Crippen molar-refractivity contribution in [2.75, 3.05) is 13.1 Å². The fourth-order valence-corrected chi connectivity index (χ4v) is 2.68. The number of nitro benzene ring substituents is 1. The third-order valence-corrected chi connectivity index (χ3v) is 3.90. The Morgan fingerprint density at radius 1 is 1.42 bits per heavy atom. The van der Waals surface area contributed by atoms with Crippen LogP contribution in [0.1, 0.15) is 19.4 Å². The van der Waals surface area contributed by atoms with Crippen LogP contribution in [0.3, 0.4) is 0 Å². The molecule has 1 N–H and O–H groups in total. The summed E-state index contributed by atoms with van der Waals surface area (Å²) in [5, 5.41) is 14.5. The van der Waals surface area contributed by atoms with E-state index in [-0.39, 0.29) is 10.7 Å². The highest BCUT2D eigenvalue weighted by atomic mass is 35.5. The van der Waals surface area contributed by atoms with E-state index in [0.29, 0.717) is 18.6 Å². The number of benzene rings is 1. The van der Waals surface area contributed by atoms with Gasteiger partial charge in [0.1, 0.15) is 5.02 Å². The molecule has 1 aromatic rings. The predicted molar refractivity (Wildman–Crippen MR) is 75.4 cm³/mol. The molecule has 1 aromatic carbocycles. The highest BCUT2D eigenvalue weighted by molar-refractivity contribution is 6.32. The molecule has 1 saturated heterocycles. The van der Waals surface area contributed by atoms with Gasteiger partial charge in [0.05, 0.1) is 4.92 Å². The first-order chi connectivity index (χ1) is 8.99. The summed E-state index contributed by atoms with van der Waals surface area (Å²) in [6.07, 6.45) is 0. The van der Waals surface area contributed by atoms with Gasteiger partial charge in [-0.15, -0.1) is 0 Å². The lowest BCUT2D eigenvalue weighted by Crippen LogP contribution is -2.54. The second kappa shape index (κ2) is 5.86. The average molecular weight is 284 g/mol. The van der Waals surface area contributed by atoms with E-state index in [1.165, 1.54) is 0 Å². The number of nitrogens with one attached hydrogen (secondary N) is 1. The van der Waals surface area contributed by atoms with E-state index in [0.717, 1.165) is 18.7 Å². The molecule has 0 saturated carbocycles. The summed E-state index contributed by atoms with van der Waals surface area (Å²) >= 11 is 5.83. The average Bonchev–Trinajstić information content (AvgIpc) is 2.35. The SMILES string of the molecule is CC1CNCC(C)N1Cc1ccc(Cl)c([N+](=O)[O-])c1. The van der Waals surface area contributed by atoms with Gasteiger partial charge >= 0.3 is 0 Å². The first-order valence-electron chi connectivity index (χ1n) is 6.38. The minimum absolute atomic E-state index is 0.0189. The zero-order chi connectivity index (χ0) is 14.0. The third-order valence-electron chi connectivity index (χ3n) is 3.58. The van der Waals surface area contributed by atoms with Crippen LogP contribution in [0.4, 0.5) is 5.69 Å². The first-order valence-corrected chi connectivity index (χ1v) is 6.76. The van der Waals surface area contributed by atoms with Gasteiger partial charge in [-0.1, -0.05) is 17.7 Å².